The van der Waals surface area contributed by atoms with Crippen LogP contribution < -0.4 is 10.6 Å². The van der Waals surface area contributed by atoms with Gasteiger partial charge in [0.05, 0.1) is 31.4 Å². The van der Waals surface area contributed by atoms with Crippen molar-refractivity contribution in [1.29, 1.82) is 0 Å². The van der Waals surface area contributed by atoms with E-state index in [9.17, 15) is 9.50 Å². The van der Waals surface area contributed by atoms with E-state index in [2.05, 4.69) is 20.5 Å². The molecule has 3 N–H and O–H groups in total. The van der Waals surface area contributed by atoms with Crippen molar-refractivity contribution in [3.05, 3.63) is 35.6 Å². The van der Waals surface area contributed by atoms with Gasteiger partial charge in [-0.05, 0) is 37.5 Å². The van der Waals surface area contributed by atoms with Crippen molar-refractivity contribution in [2.24, 2.45) is 4.99 Å². The number of nitrogens with one attached hydrogen (secondary N) is 2. The molecule has 1 aliphatic carbocycles. The molecule has 30 heavy (non-hydrogen) atoms. The molecule has 0 radical (unpaired) electrons. The molecule has 0 amide bonds. The van der Waals surface area contributed by atoms with Crippen molar-refractivity contribution < 1.29 is 14.2 Å². The minimum atomic E-state index is -0.679. The Morgan fingerprint density at radius 2 is 1.83 bits per heavy atom. The molecule has 1 heterocycles. The van der Waals surface area contributed by atoms with Crippen LogP contribution in [0.15, 0.2) is 29.3 Å². The molecule has 170 valence electrons. The Kier molecular flexibility index (Phi) is 10.8. The Hall–Kier alpha value is -0.970. The molecule has 0 bridgehead atoms. The van der Waals surface area contributed by atoms with Crippen molar-refractivity contribution in [1.82, 2.24) is 15.5 Å². The van der Waals surface area contributed by atoms with Crippen LogP contribution in [0.3, 0.4) is 0 Å². The second kappa shape index (κ2) is 12.8. The van der Waals surface area contributed by atoms with Crippen LogP contribution in [0.1, 0.15) is 50.6 Å². The molecular weight excluding hydrogens is 498 g/mol. The monoisotopic (exact) mass is 534 g/mol. The maximum absolute atomic E-state index is 13.4. The van der Waals surface area contributed by atoms with Gasteiger partial charge in [-0.3, -0.25) is 9.89 Å². The van der Waals surface area contributed by atoms with Crippen molar-refractivity contribution >= 4 is 29.9 Å². The van der Waals surface area contributed by atoms with E-state index in [0.29, 0.717) is 32.3 Å². The largest absolute Gasteiger partial charge is 0.388 e. The van der Waals surface area contributed by atoms with E-state index < -0.39 is 5.60 Å². The van der Waals surface area contributed by atoms with Gasteiger partial charge >= 0.3 is 0 Å². The molecule has 0 aromatic heterocycles. The summed E-state index contributed by atoms with van der Waals surface area (Å²) in [6, 6.07) is 6.83. The Labute approximate surface area is 196 Å². The van der Waals surface area contributed by atoms with Gasteiger partial charge < -0.3 is 20.5 Å². The highest BCUT2D eigenvalue weighted by Crippen LogP contribution is 2.28. The molecule has 1 saturated carbocycles. The van der Waals surface area contributed by atoms with Crippen LogP contribution >= 0.6 is 24.0 Å². The smallest absolute Gasteiger partial charge is 0.191 e. The number of morpholine rings is 1. The number of hydrogen-bond donors (Lipinski definition) is 3. The van der Waals surface area contributed by atoms with Crippen molar-refractivity contribution in [2.45, 2.75) is 50.7 Å². The van der Waals surface area contributed by atoms with Crippen LogP contribution in [0.25, 0.3) is 0 Å². The van der Waals surface area contributed by atoms with Gasteiger partial charge in [0.15, 0.2) is 5.96 Å². The fraction of sp³-hybridized carbons (Fsp3) is 0.682. The first-order valence-electron chi connectivity index (χ1n) is 10.9. The first kappa shape index (κ1) is 25.3. The summed E-state index contributed by atoms with van der Waals surface area (Å²) in [6.07, 6.45) is 4.98. The average Bonchev–Trinajstić information content (AvgIpc) is 2.74. The van der Waals surface area contributed by atoms with Crippen molar-refractivity contribution in [3.8, 4) is 0 Å². The summed E-state index contributed by atoms with van der Waals surface area (Å²) in [5.41, 5.74) is 0.392. The number of aliphatic hydroxyl groups is 1. The summed E-state index contributed by atoms with van der Waals surface area (Å²) in [5, 5.41) is 17.5. The Morgan fingerprint density at radius 3 is 2.47 bits per heavy atom. The van der Waals surface area contributed by atoms with Crippen LogP contribution in [-0.2, 0) is 4.74 Å². The van der Waals surface area contributed by atoms with Gasteiger partial charge in [-0.1, -0.05) is 31.4 Å². The number of nitrogens with zero attached hydrogens (tertiary/aromatic N) is 2. The number of hydrogen-bond acceptors (Lipinski definition) is 4. The minimum Gasteiger partial charge on any atom is -0.388 e. The van der Waals surface area contributed by atoms with Crippen LogP contribution in [0.2, 0.25) is 0 Å². The van der Waals surface area contributed by atoms with Crippen molar-refractivity contribution in [2.75, 3.05) is 45.9 Å². The SMILES string of the molecule is CCNC(=NCC1(O)CCCCC1)NCC(c1ccc(F)cc1)N1CCOCC1.I. The molecule has 0 spiro atoms. The summed E-state index contributed by atoms with van der Waals surface area (Å²) in [7, 11) is 0. The quantitative estimate of drug-likeness (QED) is 0.285. The van der Waals surface area contributed by atoms with E-state index in [1.54, 1.807) is 0 Å². The normalized spacial score (nSPS) is 20.8. The van der Waals surface area contributed by atoms with Gasteiger partial charge in [-0.25, -0.2) is 4.39 Å². The average molecular weight is 534 g/mol. The molecule has 2 fully saturated rings. The first-order chi connectivity index (χ1) is 14.1. The second-order valence-corrected chi connectivity index (χ2v) is 8.08. The number of halogens is 2. The van der Waals surface area contributed by atoms with Gasteiger partial charge in [-0.2, -0.15) is 0 Å². The fourth-order valence-corrected chi connectivity index (χ4v) is 4.16. The van der Waals surface area contributed by atoms with E-state index in [0.717, 1.165) is 50.9 Å². The number of ether oxygens (including phenoxy) is 1. The maximum Gasteiger partial charge on any atom is 0.191 e. The van der Waals surface area contributed by atoms with Crippen LogP contribution in [0.4, 0.5) is 4.39 Å². The highest BCUT2D eigenvalue weighted by Gasteiger charge is 2.29. The second-order valence-electron chi connectivity index (χ2n) is 8.08. The molecule has 2 aliphatic rings. The molecule has 1 unspecified atom stereocenters. The van der Waals surface area contributed by atoms with E-state index in [4.69, 9.17) is 4.74 Å². The highest BCUT2D eigenvalue weighted by molar-refractivity contribution is 14.0. The number of guanidine groups is 1. The van der Waals surface area contributed by atoms with Gasteiger partial charge in [0, 0.05) is 26.2 Å². The van der Waals surface area contributed by atoms with Crippen molar-refractivity contribution in [3.63, 3.8) is 0 Å². The predicted molar refractivity (Wildman–Crippen MR) is 129 cm³/mol. The lowest BCUT2D eigenvalue weighted by molar-refractivity contribution is 0.0129. The van der Waals surface area contributed by atoms with E-state index in [1.807, 2.05) is 19.1 Å². The summed E-state index contributed by atoms with van der Waals surface area (Å²) in [4.78, 5) is 7.04. The molecule has 3 rings (SSSR count). The Balaban J connectivity index is 0.00000320. The molecular formula is C22H36FIN4O2. The lowest BCUT2D eigenvalue weighted by atomic mass is 9.85. The number of rotatable bonds is 7. The fourth-order valence-electron chi connectivity index (χ4n) is 4.16. The van der Waals surface area contributed by atoms with E-state index in [-0.39, 0.29) is 35.8 Å². The van der Waals surface area contributed by atoms with Gasteiger partial charge in [-0.15, -0.1) is 24.0 Å². The molecule has 1 aromatic rings. The molecule has 6 nitrogen and oxygen atoms in total. The molecule has 1 aliphatic heterocycles. The lowest BCUT2D eigenvalue weighted by Crippen LogP contribution is -2.47. The predicted octanol–water partition coefficient (Wildman–Crippen LogP) is 3.07. The number of aliphatic imine (C=N–C) groups is 1. The standard InChI is InChI=1S/C22H35FN4O2.HI/c1-2-24-21(26-17-22(28)10-4-3-5-11-22)25-16-20(27-12-14-29-15-13-27)18-6-8-19(23)9-7-18;/h6-9,20,28H,2-5,10-17H2,1H3,(H2,24,25,26);1H. The Morgan fingerprint density at radius 1 is 1.17 bits per heavy atom. The summed E-state index contributed by atoms with van der Waals surface area (Å²) in [5.74, 6) is 0.491. The topological polar surface area (TPSA) is 69.1 Å². The maximum atomic E-state index is 13.4. The van der Waals surface area contributed by atoms with E-state index >= 15 is 0 Å². The highest BCUT2D eigenvalue weighted by atomic mass is 127. The summed E-state index contributed by atoms with van der Waals surface area (Å²) in [6.45, 7) is 6.96. The third kappa shape index (κ3) is 7.62. The molecule has 1 saturated heterocycles. The zero-order valence-corrected chi connectivity index (χ0v) is 20.2. The minimum absolute atomic E-state index is 0. The van der Waals surface area contributed by atoms with Crippen LogP contribution in [0, 0.1) is 5.82 Å². The Bertz CT molecular complexity index is 647. The molecule has 1 aromatic carbocycles. The third-order valence-corrected chi connectivity index (χ3v) is 5.86. The van der Waals surface area contributed by atoms with Gasteiger partial charge in [0.2, 0.25) is 0 Å². The lowest BCUT2D eigenvalue weighted by Gasteiger charge is -2.35. The third-order valence-electron chi connectivity index (χ3n) is 5.86. The zero-order chi connectivity index (χ0) is 20.5. The first-order valence-corrected chi connectivity index (χ1v) is 10.9. The van der Waals surface area contributed by atoms with Gasteiger partial charge in [0.25, 0.3) is 0 Å². The van der Waals surface area contributed by atoms with E-state index in [1.165, 1.54) is 18.6 Å². The van der Waals surface area contributed by atoms with Crippen LogP contribution in [-0.4, -0.2) is 67.5 Å². The molecule has 1 atom stereocenters. The van der Waals surface area contributed by atoms with Gasteiger partial charge in [0.1, 0.15) is 5.82 Å². The zero-order valence-electron chi connectivity index (χ0n) is 17.9. The van der Waals surface area contributed by atoms with Crippen LogP contribution in [0.5, 0.6) is 0 Å². The summed E-state index contributed by atoms with van der Waals surface area (Å²) < 4.78 is 18.9. The summed E-state index contributed by atoms with van der Waals surface area (Å²) >= 11 is 0. The number of benzene rings is 1. The molecule has 8 heteroatoms.